The number of hydrogen-bond acceptors (Lipinski definition) is 7. The first kappa shape index (κ1) is 29.9. The summed E-state index contributed by atoms with van der Waals surface area (Å²) in [7, 11) is -4.42. The number of amides is 3. The van der Waals surface area contributed by atoms with E-state index in [0.717, 1.165) is 4.90 Å². The number of fused-ring (bicyclic) bond motifs is 1. The molecule has 1 fully saturated rings. The SMILES string of the molecule is CCCN(C[C@H]1Cc2c(cc(OCc3ccccc3)c(N3CC(=O)NS3(=O)=O)c2F)N1C(=O)O)C(=O)OC(C)(C)C. The molecule has 2 aliphatic rings. The van der Waals surface area contributed by atoms with Gasteiger partial charge in [-0.05, 0) is 32.8 Å². The Bertz CT molecular complexity index is 1450. The molecule has 2 aromatic rings. The summed E-state index contributed by atoms with van der Waals surface area (Å²) in [5, 5.41) is 10.2. The first-order chi connectivity index (χ1) is 19.2. The predicted molar refractivity (Wildman–Crippen MR) is 148 cm³/mol. The van der Waals surface area contributed by atoms with Crippen LogP contribution < -0.4 is 18.7 Å². The molecular formula is C27H33FN4O8S. The zero-order chi connectivity index (χ0) is 30.1. The highest BCUT2D eigenvalue weighted by Gasteiger charge is 2.44. The van der Waals surface area contributed by atoms with Gasteiger partial charge in [-0.25, -0.2) is 23.0 Å². The normalized spacial score (nSPS) is 17.7. The number of hydrogen-bond donors (Lipinski definition) is 2. The molecule has 14 heteroatoms. The number of carbonyl (C=O) groups excluding carboxylic acids is 2. The summed E-state index contributed by atoms with van der Waals surface area (Å²) in [4.78, 5) is 39.7. The van der Waals surface area contributed by atoms with Gasteiger partial charge in [-0.3, -0.25) is 9.69 Å². The van der Waals surface area contributed by atoms with Crippen molar-refractivity contribution in [2.75, 3.05) is 28.8 Å². The molecule has 0 unspecified atom stereocenters. The first-order valence-corrected chi connectivity index (χ1v) is 14.5. The Labute approximate surface area is 237 Å². The number of nitrogens with zero attached hydrogens (tertiary/aromatic N) is 3. The minimum Gasteiger partial charge on any atom is -0.487 e. The van der Waals surface area contributed by atoms with Crippen LogP contribution in [-0.2, 0) is 32.8 Å². The number of carboxylic acid groups (broad SMARTS) is 1. The van der Waals surface area contributed by atoms with Crippen LogP contribution in [0.1, 0.15) is 45.2 Å². The molecule has 0 radical (unpaired) electrons. The molecule has 2 heterocycles. The molecule has 2 aliphatic heterocycles. The lowest BCUT2D eigenvalue weighted by Gasteiger charge is -2.31. The maximum absolute atomic E-state index is 16.3. The molecule has 0 saturated carbocycles. The summed E-state index contributed by atoms with van der Waals surface area (Å²) in [5.74, 6) is -2.13. The maximum atomic E-state index is 16.3. The lowest BCUT2D eigenvalue weighted by Crippen LogP contribution is -2.48. The molecule has 1 saturated heterocycles. The van der Waals surface area contributed by atoms with Gasteiger partial charge in [-0.2, -0.15) is 8.42 Å². The number of benzene rings is 2. The summed E-state index contributed by atoms with van der Waals surface area (Å²) in [6.45, 7) is 6.41. The third-order valence-corrected chi connectivity index (χ3v) is 7.81. The van der Waals surface area contributed by atoms with E-state index in [-0.39, 0.29) is 43.1 Å². The van der Waals surface area contributed by atoms with Crippen molar-refractivity contribution in [3.8, 4) is 5.75 Å². The van der Waals surface area contributed by atoms with Crippen molar-refractivity contribution in [1.82, 2.24) is 9.62 Å². The van der Waals surface area contributed by atoms with Crippen LogP contribution in [0, 0.1) is 5.82 Å². The molecule has 2 N–H and O–H groups in total. The van der Waals surface area contributed by atoms with Crippen LogP contribution in [0.25, 0.3) is 0 Å². The summed E-state index contributed by atoms with van der Waals surface area (Å²) in [6, 6.07) is 9.19. The van der Waals surface area contributed by atoms with Crippen molar-refractivity contribution in [2.45, 2.75) is 58.8 Å². The van der Waals surface area contributed by atoms with Gasteiger partial charge in [-0.1, -0.05) is 37.3 Å². The van der Waals surface area contributed by atoms with E-state index in [9.17, 15) is 27.9 Å². The van der Waals surface area contributed by atoms with Gasteiger partial charge in [0.1, 0.15) is 30.2 Å². The number of rotatable bonds is 8. The molecule has 4 rings (SSSR count). The van der Waals surface area contributed by atoms with E-state index in [1.807, 2.05) is 11.6 Å². The van der Waals surface area contributed by atoms with Crippen molar-refractivity contribution < 1.29 is 41.8 Å². The zero-order valence-corrected chi connectivity index (χ0v) is 24.0. The molecule has 41 heavy (non-hydrogen) atoms. The minimum atomic E-state index is -4.42. The number of nitrogens with one attached hydrogen (secondary N) is 1. The van der Waals surface area contributed by atoms with E-state index in [1.54, 1.807) is 51.1 Å². The van der Waals surface area contributed by atoms with Gasteiger partial charge < -0.3 is 19.5 Å². The van der Waals surface area contributed by atoms with Gasteiger partial charge in [0.05, 0.1) is 11.7 Å². The number of anilines is 2. The third kappa shape index (κ3) is 6.47. The monoisotopic (exact) mass is 592 g/mol. The van der Waals surface area contributed by atoms with Gasteiger partial charge in [0.15, 0.2) is 5.82 Å². The van der Waals surface area contributed by atoms with Crippen molar-refractivity contribution in [2.24, 2.45) is 0 Å². The second-order valence-electron chi connectivity index (χ2n) is 10.8. The van der Waals surface area contributed by atoms with Crippen molar-refractivity contribution >= 4 is 39.7 Å². The van der Waals surface area contributed by atoms with E-state index in [2.05, 4.69) is 0 Å². The van der Waals surface area contributed by atoms with Gasteiger partial charge in [-0.15, -0.1) is 0 Å². The Morgan fingerprint density at radius 3 is 2.46 bits per heavy atom. The Morgan fingerprint density at radius 2 is 1.90 bits per heavy atom. The van der Waals surface area contributed by atoms with Gasteiger partial charge in [0.25, 0.3) is 5.91 Å². The third-order valence-electron chi connectivity index (χ3n) is 6.44. The topological polar surface area (TPSA) is 146 Å². The Morgan fingerprint density at radius 1 is 1.22 bits per heavy atom. The first-order valence-electron chi connectivity index (χ1n) is 13.1. The number of halogens is 1. The summed E-state index contributed by atoms with van der Waals surface area (Å²) < 4.78 is 55.5. The second-order valence-corrected chi connectivity index (χ2v) is 12.4. The van der Waals surface area contributed by atoms with Crippen LogP contribution in [0.15, 0.2) is 36.4 Å². The fourth-order valence-corrected chi connectivity index (χ4v) is 5.97. The fourth-order valence-electron chi connectivity index (χ4n) is 4.81. The highest BCUT2D eigenvalue weighted by atomic mass is 32.2. The lowest BCUT2D eigenvalue weighted by atomic mass is 10.1. The molecule has 0 spiro atoms. The highest BCUT2D eigenvalue weighted by Crippen LogP contribution is 2.45. The van der Waals surface area contributed by atoms with Crippen molar-refractivity contribution in [1.29, 1.82) is 0 Å². The minimum absolute atomic E-state index is 0.0386. The standard InChI is InChI=1S/C27H33FN4O8S/c1-5-11-30(26(36)40-27(2,3)4)14-18-12-19-20(32(18)25(34)35)13-21(39-16-17-9-7-6-8-10-17)24(23(19)28)31-15-22(33)29-41(31,37)38/h6-10,13,18H,5,11-12,14-16H2,1-4H3,(H,29,33)(H,34,35)/t18-/m1/s1. The average molecular weight is 593 g/mol. The van der Waals surface area contributed by atoms with E-state index >= 15 is 4.39 Å². The highest BCUT2D eigenvalue weighted by molar-refractivity contribution is 7.92. The van der Waals surface area contributed by atoms with E-state index in [1.165, 1.54) is 11.0 Å². The molecular weight excluding hydrogens is 559 g/mol. The van der Waals surface area contributed by atoms with Crippen LogP contribution >= 0.6 is 0 Å². The van der Waals surface area contributed by atoms with E-state index < -0.39 is 58.0 Å². The van der Waals surface area contributed by atoms with Crippen LogP contribution in [-0.4, -0.2) is 67.8 Å². The summed E-state index contributed by atoms with van der Waals surface area (Å²) >= 11 is 0. The van der Waals surface area contributed by atoms with Crippen LogP contribution in [0.4, 0.5) is 25.4 Å². The van der Waals surface area contributed by atoms with Crippen molar-refractivity contribution in [3.63, 3.8) is 0 Å². The smallest absolute Gasteiger partial charge is 0.412 e. The number of carbonyl (C=O) groups is 3. The van der Waals surface area contributed by atoms with E-state index in [4.69, 9.17) is 9.47 Å². The fraction of sp³-hybridized carbons (Fsp3) is 0.444. The van der Waals surface area contributed by atoms with Crippen LogP contribution in [0.2, 0.25) is 0 Å². The molecule has 0 aliphatic carbocycles. The van der Waals surface area contributed by atoms with Gasteiger partial charge in [0, 0.05) is 31.1 Å². The predicted octanol–water partition coefficient (Wildman–Crippen LogP) is 3.64. The zero-order valence-electron chi connectivity index (χ0n) is 23.2. The molecule has 222 valence electrons. The number of ether oxygens (including phenoxy) is 2. The summed E-state index contributed by atoms with van der Waals surface area (Å²) in [5.41, 5.74) is -0.703. The quantitative estimate of drug-likeness (QED) is 0.473. The Kier molecular flexibility index (Phi) is 8.34. The lowest BCUT2D eigenvalue weighted by molar-refractivity contribution is -0.117. The largest absolute Gasteiger partial charge is 0.487 e. The molecule has 2 aromatic carbocycles. The molecule has 1 atom stereocenters. The summed E-state index contributed by atoms with van der Waals surface area (Å²) in [6.07, 6.45) is -1.62. The molecule has 0 aromatic heterocycles. The average Bonchev–Trinajstić information content (AvgIpc) is 3.37. The maximum Gasteiger partial charge on any atom is 0.412 e. The molecule has 0 bridgehead atoms. The Balaban J connectivity index is 1.76. The van der Waals surface area contributed by atoms with Crippen LogP contribution in [0.5, 0.6) is 5.75 Å². The second kappa shape index (κ2) is 11.4. The van der Waals surface area contributed by atoms with Gasteiger partial charge in [0.2, 0.25) is 0 Å². The molecule has 3 amide bonds. The van der Waals surface area contributed by atoms with E-state index in [0.29, 0.717) is 16.3 Å². The Hall–Kier alpha value is -4.07. The van der Waals surface area contributed by atoms with Gasteiger partial charge >= 0.3 is 22.4 Å². The molecule has 12 nitrogen and oxygen atoms in total. The van der Waals surface area contributed by atoms with Crippen LogP contribution in [0.3, 0.4) is 0 Å². The van der Waals surface area contributed by atoms with Crippen molar-refractivity contribution in [3.05, 3.63) is 53.3 Å².